The quantitative estimate of drug-likeness (QED) is 0.0259. The van der Waals surface area contributed by atoms with E-state index in [1.54, 1.807) is 21.1 Å². The molecule has 2 atom stereocenters. The SMILES string of the molecule is CC/C=C/C/C=C/C/C=C/C/C=C/C/C=C/C/C=C/CCCCCC(=O)OCC(COCCC(C(=O)[O-])[N+](C)(C)C)OC(=O)CCCCCCCCCCCCCCCCCCCCCCC. The first-order chi connectivity index (χ1) is 32.6. The van der Waals surface area contributed by atoms with Crippen molar-refractivity contribution in [1.29, 1.82) is 0 Å². The number of allylic oxidation sites excluding steroid dienone is 12. The third-order valence-corrected chi connectivity index (χ3v) is 12.1. The van der Waals surface area contributed by atoms with E-state index in [0.29, 0.717) is 12.8 Å². The highest BCUT2D eigenvalue weighted by molar-refractivity contribution is 5.70. The molecule has 0 heterocycles. The standard InChI is InChI=1S/C59H103NO7/c1-6-8-10-12-14-16-18-20-22-24-26-28-30-31-33-35-37-39-41-43-45-47-49-57(61)66-54-55(53-65-52-51-56(59(63)64)60(3,4)5)67-58(62)50-48-46-44-42-40-38-36-34-32-29-27-25-23-21-19-17-15-13-11-9-7-2/h8,10,14,16,20,22,26,28,31,33,37,39,55-56H,6-7,9,11-13,15,17-19,21,23-25,27,29-30,32,34-36,38,40-54H2,1-5H3/b10-8+,16-14+,22-20+,28-26+,33-31+,39-37+. The van der Waals surface area contributed by atoms with Gasteiger partial charge in [-0.1, -0.05) is 222 Å². The summed E-state index contributed by atoms with van der Waals surface area (Å²) >= 11 is 0. The summed E-state index contributed by atoms with van der Waals surface area (Å²) in [6.45, 7) is 4.54. The van der Waals surface area contributed by atoms with E-state index in [2.05, 4.69) is 86.8 Å². The lowest BCUT2D eigenvalue weighted by molar-refractivity contribution is -0.889. The molecule has 0 aliphatic rings. The minimum atomic E-state index is -1.13. The zero-order valence-electron chi connectivity index (χ0n) is 44.1. The van der Waals surface area contributed by atoms with Crippen LogP contribution in [-0.2, 0) is 28.6 Å². The van der Waals surface area contributed by atoms with Crippen LogP contribution in [0.2, 0.25) is 0 Å². The van der Waals surface area contributed by atoms with E-state index in [1.165, 1.54) is 116 Å². The lowest BCUT2D eigenvalue weighted by atomic mass is 10.0. The van der Waals surface area contributed by atoms with Gasteiger partial charge >= 0.3 is 11.9 Å². The van der Waals surface area contributed by atoms with Gasteiger partial charge in [0, 0.05) is 19.3 Å². The molecular weight excluding hydrogens is 835 g/mol. The third kappa shape index (κ3) is 47.6. The van der Waals surface area contributed by atoms with Crippen LogP contribution in [0.1, 0.15) is 232 Å². The van der Waals surface area contributed by atoms with Gasteiger partial charge in [-0.2, -0.15) is 0 Å². The van der Waals surface area contributed by atoms with Gasteiger partial charge in [-0.25, -0.2) is 0 Å². The summed E-state index contributed by atoms with van der Waals surface area (Å²) in [5.74, 6) is -1.77. The number of ether oxygens (including phenoxy) is 3. The molecule has 0 radical (unpaired) electrons. The lowest BCUT2D eigenvalue weighted by Gasteiger charge is -2.34. The molecular formula is C59H103NO7. The average molecular weight is 938 g/mol. The number of carboxylic acids is 1. The zero-order chi connectivity index (χ0) is 49.2. The van der Waals surface area contributed by atoms with Crippen molar-refractivity contribution in [3.05, 3.63) is 72.9 Å². The Morgan fingerprint density at radius 1 is 0.463 bits per heavy atom. The van der Waals surface area contributed by atoms with Crippen LogP contribution in [0.4, 0.5) is 0 Å². The highest BCUT2D eigenvalue weighted by atomic mass is 16.6. The van der Waals surface area contributed by atoms with Crippen molar-refractivity contribution in [2.45, 2.75) is 244 Å². The van der Waals surface area contributed by atoms with Crippen molar-refractivity contribution in [2.75, 3.05) is 41.0 Å². The molecule has 67 heavy (non-hydrogen) atoms. The topological polar surface area (TPSA) is 102 Å². The van der Waals surface area contributed by atoms with E-state index >= 15 is 0 Å². The summed E-state index contributed by atoms with van der Waals surface area (Å²) < 4.78 is 17.2. The fraction of sp³-hybridized carbons (Fsp3) is 0.746. The van der Waals surface area contributed by atoms with Gasteiger partial charge in [0.05, 0.1) is 40.3 Å². The Morgan fingerprint density at radius 3 is 1.24 bits per heavy atom. The van der Waals surface area contributed by atoms with Crippen LogP contribution in [0, 0.1) is 0 Å². The van der Waals surface area contributed by atoms with Crippen LogP contribution in [-0.4, -0.2) is 75.5 Å². The predicted octanol–water partition coefficient (Wildman–Crippen LogP) is 14.9. The van der Waals surface area contributed by atoms with Crippen molar-refractivity contribution in [2.24, 2.45) is 0 Å². The molecule has 0 saturated carbocycles. The molecule has 2 unspecified atom stereocenters. The number of nitrogens with zero attached hydrogens (tertiary/aromatic N) is 1. The Hall–Kier alpha value is -3.23. The van der Waals surface area contributed by atoms with Crippen molar-refractivity contribution < 1.29 is 38.2 Å². The lowest BCUT2D eigenvalue weighted by Crippen LogP contribution is -2.55. The number of unbranched alkanes of at least 4 members (excludes halogenated alkanes) is 23. The second kappa shape index (κ2) is 49.2. The molecule has 0 spiro atoms. The monoisotopic (exact) mass is 938 g/mol. The number of esters is 2. The van der Waals surface area contributed by atoms with Gasteiger partial charge in [-0.15, -0.1) is 0 Å². The molecule has 0 aliphatic carbocycles. The van der Waals surface area contributed by atoms with Gasteiger partial charge < -0.3 is 28.6 Å². The number of rotatable bonds is 49. The fourth-order valence-electron chi connectivity index (χ4n) is 7.90. The first kappa shape index (κ1) is 63.8. The van der Waals surface area contributed by atoms with Gasteiger partial charge in [0.15, 0.2) is 6.10 Å². The molecule has 0 saturated heterocycles. The largest absolute Gasteiger partial charge is 0.544 e. The summed E-state index contributed by atoms with van der Waals surface area (Å²) in [7, 11) is 5.41. The van der Waals surface area contributed by atoms with E-state index in [0.717, 1.165) is 83.5 Å². The van der Waals surface area contributed by atoms with Crippen LogP contribution in [0.15, 0.2) is 72.9 Å². The summed E-state index contributed by atoms with van der Waals surface area (Å²) in [4.78, 5) is 37.1. The van der Waals surface area contributed by atoms with Crippen LogP contribution in [0.5, 0.6) is 0 Å². The number of hydrogen-bond donors (Lipinski definition) is 0. The first-order valence-electron chi connectivity index (χ1n) is 27.5. The van der Waals surface area contributed by atoms with E-state index in [4.69, 9.17) is 14.2 Å². The highest BCUT2D eigenvalue weighted by Crippen LogP contribution is 2.16. The van der Waals surface area contributed by atoms with Gasteiger partial charge in [0.2, 0.25) is 0 Å². The molecule has 0 N–H and O–H groups in total. The van der Waals surface area contributed by atoms with Crippen molar-refractivity contribution in [3.63, 3.8) is 0 Å². The molecule has 8 heteroatoms. The third-order valence-electron chi connectivity index (χ3n) is 12.1. The minimum absolute atomic E-state index is 0.0290. The number of quaternary nitrogens is 1. The Balaban J connectivity index is 4.27. The number of carbonyl (C=O) groups is 3. The summed E-state index contributed by atoms with van der Waals surface area (Å²) in [6, 6.07) is -0.734. The Kier molecular flexibility index (Phi) is 46.8. The van der Waals surface area contributed by atoms with E-state index < -0.39 is 18.1 Å². The average Bonchev–Trinajstić information content (AvgIpc) is 3.29. The van der Waals surface area contributed by atoms with Gasteiger partial charge in [-0.05, 0) is 64.2 Å². The molecule has 0 aromatic carbocycles. The predicted molar refractivity (Wildman–Crippen MR) is 282 cm³/mol. The number of carboxylic acid groups (broad SMARTS) is 1. The van der Waals surface area contributed by atoms with E-state index in [1.807, 2.05) is 0 Å². The highest BCUT2D eigenvalue weighted by Gasteiger charge is 2.25. The first-order valence-corrected chi connectivity index (χ1v) is 27.5. The number of aliphatic carboxylic acids is 1. The van der Waals surface area contributed by atoms with Crippen molar-refractivity contribution in [1.82, 2.24) is 0 Å². The molecule has 0 bridgehead atoms. The number of hydrogen-bond acceptors (Lipinski definition) is 7. The normalized spacial score (nSPS) is 13.4. The maximum absolute atomic E-state index is 12.8. The molecule has 386 valence electrons. The van der Waals surface area contributed by atoms with Gasteiger partial charge in [-0.3, -0.25) is 9.59 Å². The van der Waals surface area contributed by atoms with Crippen LogP contribution in [0.25, 0.3) is 0 Å². The van der Waals surface area contributed by atoms with Gasteiger partial charge in [0.25, 0.3) is 0 Å². The molecule has 0 rings (SSSR count). The van der Waals surface area contributed by atoms with Crippen LogP contribution >= 0.6 is 0 Å². The maximum Gasteiger partial charge on any atom is 0.306 e. The zero-order valence-corrected chi connectivity index (χ0v) is 44.1. The molecule has 0 amide bonds. The number of likely N-dealkylation sites (N-methyl/N-ethyl adjacent to an activating group) is 1. The van der Waals surface area contributed by atoms with Crippen LogP contribution in [0.3, 0.4) is 0 Å². The Labute approximate surface area is 412 Å². The summed E-state index contributed by atoms with van der Waals surface area (Å²) in [6.07, 6.45) is 63.7. The Morgan fingerprint density at radius 2 is 0.836 bits per heavy atom. The van der Waals surface area contributed by atoms with Gasteiger partial charge in [0.1, 0.15) is 12.6 Å². The van der Waals surface area contributed by atoms with Crippen LogP contribution < -0.4 is 5.11 Å². The fourth-order valence-corrected chi connectivity index (χ4v) is 7.90. The van der Waals surface area contributed by atoms with E-state index in [9.17, 15) is 19.5 Å². The molecule has 8 nitrogen and oxygen atoms in total. The molecule has 0 aromatic heterocycles. The molecule has 0 aliphatic heterocycles. The number of carbonyl (C=O) groups excluding carboxylic acids is 3. The van der Waals surface area contributed by atoms with E-state index in [-0.39, 0.29) is 42.7 Å². The van der Waals surface area contributed by atoms with Crippen molar-refractivity contribution in [3.8, 4) is 0 Å². The maximum atomic E-state index is 12.8. The molecule has 0 fully saturated rings. The molecule has 0 aromatic rings. The van der Waals surface area contributed by atoms with Crippen molar-refractivity contribution >= 4 is 17.9 Å². The Bertz CT molecular complexity index is 1320. The minimum Gasteiger partial charge on any atom is -0.544 e. The second-order valence-electron chi connectivity index (χ2n) is 19.4. The smallest absolute Gasteiger partial charge is 0.306 e. The second-order valence-corrected chi connectivity index (χ2v) is 19.4. The summed E-state index contributed by atoms with van der Waals surface area (Å²) in [5.41, 5.74) is 0. The summed E-state index contributed by atoms with van der Waals surface area (Å²) in [5, 5.41) is 11.7.